The third kappa shape index (κ3) is 5.45. The Morgan fingerprint density at radius 1 is 0.897 bits per heavy atom. The molecule has 154 valence electrons. The average molecular weight is 416 g/mol. The van der Waals surface area contributed by atoms with Crippen LogP contribution in [0.15, 0.2) is 65.7 Å². The molecule has 0 heterocycles. The SMILES string of the molecule is COC(=O)C(C(=O)OC)C(N=C(c1ccccc1)c1ccccc1)C(C)(C)CCl. The number of rotatable bonds is 8. The van der Waals surface area contributed by atoms with Gasteiger partial charge in [-0.3, -0.25) is 14.6 Å². The third-order valence-electron chi connectivity index (χ3n) is 4.73. The molecule has 6 heteroatoms. The summed E-state index contributed by atoms with van der Waals surface area (Å²) < 4.78 is 9.79. The first kappa shape index (κ1) is 22.6. The molecule has 0 fully saturated rings. The lowest BCUT2D eigenvalue weighted by atomic mass is 9.78. The number of aliphatic imine (C=N–C) groups is 1. The third-order valence-corrected chi connectivity index (χ3v) is 5.42. The Hall–Kier alpha value is -2.66. The molecule has 2 aromatic carbocycles. The molecule has 1 unspecified atom stereocenters. The highest BCUT2D eigenvalue weighted by molar-refractivity contribution is 6.18. The number of nitrogens with zero attached hydrogens (tertiary/aromatic N) is 1. The van der Waals surface area contributed by atoms with E-state index in [-0.39, 0.29) is 5.88 Å². The number of hydrogen-bond acceptors (Lipinski definition) is 5. The van der Waals surface area contributed by atoms with Crippen molar-refractivity contribution in [2.45, 2.75) is 19.9 Å². The van der Waals surface area contributed by atoms with Crippen molar-refractivity contribution in [2.24, 2.45) is 16.3 Å². The minimum atomic E-state index is -1.24. The molecule has 0 aromatic heterocycles. The maximum absolute atomic E-state index is 12.5. The van der Waals surface area contributed by atoms with Gasteiger partial charge in [-0.1, -0.05) is 74.5 Å². The first-order chi connectivity index (χ1) is 13.9. The normalized spacial score (nSPS) is 12.2. The van der Waals surface area contributed by atoms with E-state index in [9.17, 15) is 9.59 Å². The van der Waals surface area contributed by atoms with Gasteiger partial charge in [0.2, 0.25) is 0 Å². The van der Waals surface area contributed by atoms with Gasteiger partial charge in [-0.05, 0) is 0 Å². The molecule has 0 aliphatic rings. The highest BCUT2D eigenvalue weighted by atomic mass is 35.5. The van der Waals surface area contributed by atoms with Crippen molar-refractivity contribution in [1.29, 1.82) is 0 Å². The summed E-state index contributed by atoms with van der Waals surface area (Å²) in [7, 11) is 2.48. The van der Waals surface area contributed by atoms with E-state index in [1.54, 1.807) is 0 Å². The van der Waals surface area contributed by atoms with Gasteiger partial charge in [-0.25, -0.2) is 0 Å². The molecule has 1 atom stereocenters. The van der Waals surface area contributed by atoms with Gasteiger partial charge in [-0.15, -0.1) is 11.6 Å². The Bertz CT molecular complexity index is 792. The molecule has 0 amide bonds. The van der Waals surface area contributed by atoms with Crippen LogP contribution < -0.4 is 0 Å². The number of methoxy groups -OCH3 is 2. The molecule has 0 radical (unpaired) electrons. The maximum atomic E-state index is 12.5. The number of carbonyl (C=O) groups excluding carboxylic acids is 2. The van der Waals surface area contributed by atoms with E-state index < -0.39 is 29.3 Å². The van der Waals surface area contributed by atoms with E-state index >= 15 is 0 Å². The molecule has 0 N–H and O–H groups in total. The van der Waals surface area contributed by atoms with Crippen molar-refractivity contribution in [3.8, 4) is 0 Å². The Kier molecular flexibility index (Phi) is 7.97. The zero-order valence-electron chi connectivity index (χ0n) is 17.1. The molecule has 5 nitrogen and oxygen atoms in total. The van der Waals surface area contributed by atoms with Crippen molar-refractivity contribution in [1.82, 2.24) is 0 Å². The van der Waals surface area contributed by atoms with Crippen LogP contribution in [0.1, 0.15) is 25.0 Å². The van der Waals surface area contributed by atoms with E-state index in [4.69, 9.17) is 26.1 Å². The van der Waals surface area contributed by atoms with E-state index in [2.05, 4.69) is 0 Å². The first-order valence-electron chi connectivity index (χ1n) is 9.26. The Morgan fingerprint density at radius 2 is 1.31 bits per heavy atom. The summed E-state index contributed by atoms with van der Waals surface area (Å²) in [6, 6.07) is 18.4. The predicted octanol–water partition coefficient (Wildman–Crippen LogP) is 4.12. The standard InChI is InChI=1S/C23H26ClNO4/c1-23(2,15-24)20(18(21(26)28-3)22(27)29-4)25-19(16-11-7-5-8-12-16)17-13-9-6-10-14-17/h5-14,18,20H,15H2,1-4H3. The van der Waals surface area contributed by atoms with Crippen LogP contribution in [-0.4, -0.2) is 43.8 Å². The van der Waals surface area contributed by atoms with Crippen LogP contribution in [-0.2, 0) is 19.1 Å². The monoisotopic (exact) mass is 415 g/mol. The Balaban J connectivity index is 2.73. The molecule has 2 rings (SSSR count). The van der Waals surface area contributed by atoms with Gasteiger partial charge in [-0.2, -0.15) is 0 Å². The summed E-state index contributed by atoms with van der Waals surface area (Å²) in [6.45, 7) is 3.72. The fourth-order valence-electron chi connectivity index (χ4n) is 3.03. The lowest BCUT2D eigenvalue weighted by molar-refractivity contribution is -0.161. The minimum Gasteiger partial charge on any atom is -0.468 e. The summed E-state index contributed by atoms with van der Waals surface area (Å²) in [5.74, 6) is -2.46. The second kappa shape index (κ2) is 10.2. The number of hydrogen-bond donors (Lipinski definition) is 0. The molecule has 0 aliphatic carbocycles. The summed E-state index contributed by atoms with van der Waals surface area (Å²) in [6.07, 6.45) is 0. The van der Waals surface area contributed by atoms with Crippen LogP contribution in [0.5, 0.6) is 0 Å². The molecular formula is C23H26ClNO4. The van der Waals surface area contributed by atoms with Crippen LogP contribution in [0.3, 0.4) is 0 Å². The number of esters is 2. The summed E-state index contributed by atoms with van der Waals surface area (Å²) >= 11 is 6.23. The van der Waals surface area contributed by atoms with E-state index in [1.807, 2.05) is 74.5 Å². The van der Waals surface area contributed by atoms with E-state index in [0.717, 1.165) is 11.1 Å². The minimum absolute atomic E-state index is 0.183. The molecule has 0 saturated carbocycles. The molecule has 0 saturated heterocycles. The zero-order valence-corrected chi connectivity index (χ0v) is 17.8. The number of benzene rings is 2. The second-order valence-corrected chi connectivity index (χ2v) is 7.57. The van der Waals surface area contributed by atoms with Crippen LogP contribution in [0, 0.1) is 11.3 Å². The predicted molar refractivity (Wildman–Crippen MR) is 114 cm³/mol. The fourth-order valence-corrected chi connectivity index (χ4v) is 3.19. The van der Waals surface area contributed by atoms with Gasteiger partial charge in [0.25, 0.3) is 0 Å². The number of alkyl halides is 1. The smallest absolute Gasteiger partial charge is 0.322 e. The van der Waals surface area contributed by atoms with E-state index in [1.165, 1.54) is 14.2 Å². The van der Waals surface area contributed by atoms with Crippen LogP contribution in [0.2, 0.25) is 0 Å². The molecule has 0 bridgehead atoms. The van der Waals surface area contributed by atoms with Crippen molar-refractivity contribution in [2.75, 3.05) is 20.1 Å². The van der Waals surface area contributed by atoms with Crippen molar-refractivity contribution in [3.05, 3.63) is 71.8 Å². The Labute approximate surface area is 176 Å². The number of halogens is 1. The largest absolute Gasteiger partial charge is 0.468 e. The zero-order chi connectivity index (χ0) is 21.4. The van der Waals surface area contributed by atoms with Crippen molar-refractivity contribution >= 4 is 29.3 Å². The number of carbonyl (C=O) groups is 2. The lowest BCUT2D eigenvalue weighted by Gasteiger charge is -2.33. The highest BCUT2D eigenvalue weighted by Gasteiger charge is 2.45. The van der Waals surface area contributed by atoms with Gasteiger partial charge in [0.05, 0.1) is 26.0 Å². The van der Waals surface area contributed by atoms with Gasteiger partial charge < -0.3 is 9.47 Å². The number of ether oxygens (including phenoxy) is 2. The summed E-state index contributed by atoms with van der Waals surface area (Å²) in [4.78, 5) is 30.0. The quantitative estimate of drug-likeness (QED) is 0.281. The molecular weight excluding hydrogens is 390 g/mol. The molecule has 2 aromatic rings. The summed E-state index contributed by atoms with van der Waals surface area (Å²) in [5, 5.41) is 0. The van der Waals surface area contributed by atoms with Gasteiger partial charge in [0.15, 0.2) is 5.92 Å². The van der Waals surface area contributed by atoms with Crippen LogP contribution in [0.4, 0.5) is 0 Å². The van der Waals surface area contributed by atoms with Crippen LogP contribution >= 0.6 is 11.6 Å². The summed E-state index contributed by atoms with van der Waals surface area (Å²) in [5.41, 5.74) is 1.70. The van der Waals surface area contributed by atoms with Crippen molar-refractivity contribution in [3.63, 3.8) is 0 Å². The van der Waals surface area contributed by atoms with Gasteiger partial charge >= 0.3 is 11.9 Å². The van der Waals surface area contributed by atoms with Crippen molar-refractivity contribution < 1.29 is 19.1 Å². The average Bonchev–Trinajstić information content (AvgIpc) is 2.76. The van der Waals surface area contributed by atoms with Crippen LogP contribution in [0.25, 0.3) is 0 Å². The van der Waals surface area contributed by atoms with E-state index in [0.29, 0.717) is 5.71 Å². The molecule has 29 heavy (non-hydrogen) atoms. The highest BCUT2D eigenvalue weighted by Crippen LogP contribution is 2.33. The maximum Gasteiger partial charge on any atom is 0.322 e. The molecule has 0 aliphatic heterocycles. The topological polar surface area (TPSA) is 65.0 Å². The first-order valence-corrected chi connectivity index (χ1v) is 9.79. The van der Waals surface area contributed by atoms with Gasteiger partial charge in [0.1, 0.15) is 0 Å². The second-order valence-electron chi connectivity index (χ2n) is 7.30. The molecule has 0 spiro atoms. The Morgan fingerprint density at radius 3 is 1.66 bits per heavy atom. The lowest BCUT2D eigenvalue weighted by Crippen LogP contribution is -2.45. The fraction of sp³-hybridized carbons (Fsp3) is 0.348. The van der Waals surface area contributed by atoms with Gasteiger partial charge in [0, 0.05) is 22.4 Å².